The fraction of sp³-hybridized carbons (Fsp3) is 0.382. The number of H-pyrrole nitrogens is 1. The van der Waals surface area contributed by atoms with E-state index in [1.807, 2.05) is 79.5 Å². The van der Waals surface area contributed by atoms with Crippen molar-refractivity contribution in [2.45, 2.75) is 70.8 Å². The second kappa shape index (κ2) is 23.0. The minimum atomic E-state index is -4.37. The number of alkyl halides is 1. The molecule has 4 atom stereocenters. The number of aromatic nitrogens is 4. The number of aliphatic hydroxyl groups excluding tert-OH is 1. The Bertz CT molecular complexity index is 3420. The number of ketones is 1. The summed E-state index contributed by atoms with van der Waals surface area (Å²) in [5.74, 6) is -4.64. The maximum Gasteiger partial charge on any atom is 0.301 e. The number of aliphatic hydroxyl groups is 1. The van der Waals surface area contributed by atoms with Crippen LogP contribution in [0.15, 0.2) is 95.2 Å². The van der Waals surface area contributed by atoms with E-state index in [2.05, 4.69) is 35.2 Å². The molecule has 3 aromatic carbocycles. The summed E-state index contributed by atoms with van der Waals surface area (Å²) in [6.45, 7) is 9.90. The van der Waals surface area contributed by atoms with Gasteiger partial charge in [0.1, 0.15) is 29.6 Å². The summed E-state index contributed by atoms with van der Waals surface area (Å²) < 4.78 is 84.9. The van der Waals surface area contributed by atoms with Crippen LogP contribution in [0.1, 0.15) is 72.0 Å². The number of piperazine rings is 1. The second-order valence-electron chi connectivity index (χ2n) is 20.2. The molecule has 10 rings (SSSR count). The van der Waals surface area contributed by atoms with Crippen LogP contribution in [-0.4, -0.2) is 143 Å². The molecule has 78 heavy (non-hydrogen) atoms. The zero-order chi connectivity index (χ0) is 54.8. The molecule has 0 aliphatic carbocycles. The van der Waals surface area contributed by atoms with E-state index in [0.717, 1.165) is 82.1 Å². The normalized spacial score (nSPS) is 18.7. The van der Waals surface area contributed by atoms with Gasteiger partial charge in [0, 0.05) is 106 Å². The fourth-order valence-corrected chi connectivity index (χ4v) is 12.4. The first-order valence-corrected chi connectivity index (χ1v) is 28.2. The Morgan fingerprint density at radius 2 is 1.71 bits per heavy atom. The molecule has 3 fully saturated rings. The molecule has 7 aromatic rings. The number of rotatable bonds is 19. The smallest absolute Gasteiger partial charge is 0.301 e. The highest BCUT2D eigenvalue weighted by Crippen LogP contribution is 2.35. The molecule has 3 aliphatic heterocycles. The Kier molecular flexibility index (Phi) is 16.0. The number of anilines is 2. The summed E-state index contributed by atoms with van der Waals surface area (Å²) in [6, 6.07) is 19.9. The molecule has 2 amide bonds. The van der Waals surface area contributed by atoms with Gasteiger partial charge in [-0.25, -0.2) is 23.1 Å². The number of likely N-dealkylation sites (tertiary alicyclic amines) is 1. The minimum Gasteiger partial charge on any atom is -0.475 e. The van der Waals surface area contributed by atoms with E-state index in [4.69, 9.17) is 9.26 Å². The topological polar surface area (TPSA) is 219 Å². The lowest BCUT2D eigenvalue weighted by atomic mass is 9.91. The Morgan fingerprint density at radius 1 is 0.949 bits per heavy atom. The van der Waals surface area contributed by atoms with E-state index in [0.29, 0.717) is 35.4 Å². The number of hydrogen-bond acceptors (Lipinski definition) is 14. The van der Waals surface area contributed by atoms with Crippen LogP contribution in [0.2, 0.25) is 0 Å². The maximum absolute atomic E-state index is 15.8. The summed E-state index contributed by atoms with van der Waals surface area (Å²) in [4.78, 5) is 60.3. The van der Waals surface area contributed by atoms with Gasteiger partial charge >= 0.3 is 10.2 Å². The predicted molar refractivity (Wildman–Crippen MR) is 288 cm³/mol. The SMILES string of the molecule is Cc1ncsc1-c1ccc(CNC(=O)[C@@H]2C[C@@H](O)CN2C(=O)[C@@H](c2cc(OCCCN3CCN(c4ccc(-c5cnc6[nH]cc(C(=O)c7c(F)ccc(NS(=O)(=O)N8CC[C@@H](F)C8)c7F)c6c5)cc4)CC3)no2)C(C)C)cc1. The molecular formula is C55H59F3N10O8S2. The summed E-state index contributed by atoms with van der Waals surface area (Å²) in [5.41, 5.74) is 5.84. The monoisotopic (exact) mass is 1110 g/mol. The number of amides is 2. The molecule has 7 heterocycles. The third kappa shape index (κ3) is 11.7. The molecule has 18 nitrogen and oxygen atoms in total. The van der Waals surface area contributed by atoms with E-state index in [1.54, 1.807) is 29.7 Å². The zero-order valence-electron chi connectivity index (χ0n) is 43.1. The Labute approximate surface area is 452 Å². The van der Waals surface area contributed by atoms with Gasteiger partial charge in [0.15, 0.2) is 11.6 Å². The number of aryl methyl sites for hydroxylation is 1. The molecule has 3 saturated heterocycles. The standard InChI is InChI=1S/C55H59F3N10O8S2/c1-32(2)48(55(72)68-30-40(69)24-45(68)54(71)61-26-34-5-7-36(8-6-34)52-33(3)62-31-77-52)46-25-47(63-76-46)75-22-4-16-65-18-20-66(21-19-65)39-11-9-35(10-12-39)37-23-41-42(28-60-53(41)59-27-37)51(70)49-43(57)13-14-44(50(49)58)64-78(73,74)67-17-15-38(56)29-67/h5-14,23,25,27-28,31-32,38,40,45,48,64,69H,4,15-22,24,26,29-30H2,1-3H3,(H,59,60)(H,61,71)/t38-,40-,45+,48-/m1/s1. The van der Waals surface area contributed by atoms with Crippen molar-refractivity contribution >= 4 is 61.6 Å². The number of nitrogens with zero attached hydrogens (tertiary/aromatic N) is 7. The van der Waals surface area contributed by atoms with Crippen molar-refractivity contribution in [2.75, 3.05) is 68.6 Å². The van der Waals surface area contributed by atoms with Crippen LogP contribution >= 0.6 is 11.3 Å². The van der Waals surface area contributed by atoms with Crippen molar-refractivity contribution < 1.29 is 50.3 Å². The Balaban J connectivity index is 0.690. The van der Waals surface area contributed by atoms with E-state index in [1.165, 1.54) is 11.1 Å². The number of halogens is 3. The first kappa shape index (κ1) is 54.2. The zero-order valence-corrected chi connectivity index (χ0v) is 44.8. The van der Waals surface area contributed by atoms with Crippen LogP contribution in [0, 0.1) is 24.5 Å². The number of aromatic amines is 1. The molecule has 0 unspecified atom stereocenters. The molecule has 410 valence electrons. The van der Waals surface area contributed by atoms with Gasteiger partial charge < -0.3 is 34.5 Å². The van der Waals surface area contributed by atoms with Crippen molar-refractivity contribution in [3.8, 4) is 27.4 Å². The number of pyridine rings is 1. The first-order valence-electron chi connectivity index (χ1n) is 25.9. The lowest BCUT2D eigenvalue weighted by molar-refractivity contribution is -0.141. The van der Waals surface area contributed by atoms with Crippen LogP contribution in [0.3, 0.4) is 0 Å². The van der Waals surface area contributed by atoms with Gasteiger partial charge in [-0.15, -0.1) is 11.3 Å². The van der Waals surface area contributed by atoms with Gasteiger partial charge in [-0.05, 0) is 77.9 Å². The van der Waals surface area contributed by atoms with Gasteiger partial charge in [0.2, 0.25) is 17.6 Å². The van der Waals surface area contributed by atoms with Crippen LogP contribution in [0.4, 0.5) is 24.5 Å². The molecule has 0 radical (unpaired) electrons. The number of fused-ring (bicyclic) bond motifs is 1. The summed E-state index contributed by atoms with van der Waals surface area (Å²) in [6.07, 6.45) is 1.56. The third-order valence-electron chi connectivity index (χ3n) is 14.6. The molecule has 4 N–H and O–H groups in total. The van der Waals surface area contributed by atoms with E-state index in [9.17, 15) is 32.3 Å². The number of benzene rings is 3. The van der Waals surface area contributed by atoms with Gasteiger partial charge in [0.25, 0.3) is 5.88 Å². The minimum absolute atomic E-state index is 0.00647. The molecule has 0 spiro atoms. The molecule has 4 aromatic heterocycles. The summed E-state index contributed by atoms with van der Waals surface area (Å²) in [7, 11) is -4.37. The number of carbonyl (C=O) groups is 3. The van der Waals surface area contributed by atoms with Gasteiger partial charge in [-0.2, -0.15) is 12.7 Å². The molecule has 0 bridgehead atoms. The quantitative estimate of drug-likeness (QED) is 0.0457. The number of hydrogen-bond donors (Lipinski definition) is 4. The van der Waals surface area contributed by atoms with Gasteiger partial charge in [0.05, 0.1) is 40.0 Å². The highest BCUT2D eigenvalue weighted by atomic mass is 32.2. The maximum atomic E-state index is 15.8. The number of nitrogens with one attached hydrogen (secondary N) is 3. The largest absolute Gasteiger partial charge is 0.475 e. The number of β-amino-alcohol motifs (C(OH)–C–C–N with tert-alkyl or cyclic N) is 1. The summed E-state index contributed by atoms with van der Waals surface area (Å²) in [5, 5.41) is 18.0. The average molecular weight is 1110 g/mol. The van der Waals surface area contributed by atoms with Crippen molar-refractivity contribution in [3.05, 3.63) is 130 Å². The summed E-state index contributed by atoms with van der Waals surface area (Å²) >= 11 is 1.57. The lowest BCUT2D eigenvalue weighted by Crippen LogP contribution is -2.48. The fourth-order valence-electron chi connectivity index (χ4n) is 10.4. The van der Waals surface area contributed by atoms with Gasteiger partial charge in [-0.1, -0.05) is 50.2 Å². The van der Waals surface area contributed by atoms with Crippen molar-refractivity contribution in [3.63, 3.8) is 0 Å². The average Bonchev–Trinajstić information content (AvgIpc) is 4.37. The van der Waals surface area contributed by atoms with Crippen LogP contribution in [-0.2, 0) is 26.3 Å². The molecule has 3 aliphatic rings. The van der Waals surface area contributed by atoms with Crippen LogP contribution in [0.25, 0.3) is 32.6 Å². The second-order valence-corrected chi connectivity index (χ2v) is 22.8. The number of carbonyl (C=O) groups excluding carboxylic acids is 3. The Morgan fingerprint density at radius 3 is 2.41 bits per heavy atom. The van der Waals surface area contributed by atoms with E-state index < -0.39 is 69.7 Å². The van der Waals surface area contributed by atoms with Crippen molar-refractivity contribution in [2.24, 2.45) is 5.92 Å². The Hall–Kier alpha value is -7.18. The van der Waals surface area contributed by atoms with E-state index >= 15 is 8.78 Å². The molecule has 0 saturated carbocycles. The number of ether oxygens (including phenoxy) is 1. The predicted octanol–water partition coefficient (Wildman–Crippen LogP) is 7.47. The van der Waals surface area contributed by atoms with Gasteiger partial charge in [-0.3, -0.25) is 24.0 Å². The lowest BCUT2D eigenvalue weighted by Gasteiger charge is -2.36. The highest BCUT2D eigenvalue weighted by molar-refractivity contribution is 7.90. The van der Waals surface area contributed by atoms with E-state index in [-0.39, 0.29) is 61.7 Å². The number of thiazole rings is 1. The molecular weight excluding hydrogens is 1050 g/mol. The highest BCUT2D eigenvalue weighted by Gasteiger charge is 2.43. The van der Waals surface area contributed by atoms with Crippen molar-refractivity contribution in [1.82, 2.24) is 39.5 Å². The van der Waals surface area contributed by atoms with Crippen LogP contribution in [0.5, 0.6) is 5.88 Å². The van der Waals surface area contributed by atoms with Crippen molar-refractivity contribution in [1.29, 1.82) is 0 Å². The third-order valence-corrected chi connectivity index (χ3v) is 17.1. The van der Waals surface area contributed by atoms with Crippen LogP contribution < -0.4 is 19.7 Å². The molecule has 23 heteroatoms. The first-order chi connectivity index (χ1) is 37.5.